The van der Waals surface area contributed by atoms with Crippen molar-refractivity contribution in [3.05, 3.63) is 22.2 Å². The molecule has 0 spiro atoms. The second-order valence-corrected chi connectivity index (χ2v) is 4.22. The smallest absolute Gasteiger partial charge is 0.136 e. The van der Waals surface area contributed by atoms with Crippen LogP contribution in [0.25, 0.3) is 0 Å². The molecule has 0 heterocycles. The van der Waals surface area contributed by atoms with E-state index in [0.717, 1.165) is 21.5 Å². The number of hydrogen-bond acceptors (Lipinski definition) is 3. The number of hydrogen-bond donors (Lipinski definition) is 1. The molecule has 1 aromatic rings. The largest absolute Gasteiger partial charge is 0.496 e. The molecule has 0 aliphatic heterocycles. The second-order valence-electron chi connectivity index (χ2n) is 3.37. The lowest BCUT2D eigenvalue weighted by atomic mass is 10.0. The fourth-order valence-electron chi connectivity index (χ4n) is 1.40. The maximum atomic E-state index is 5.65. The summed E-state index contributed by atoms with van der Waals surface area (Å²) < 4.78 is 11.4. The van der Waals surface area contributed by atoms with E-state index in [1.807, 2.05) is 12.1 Å². The molecular weight excluding hydrogens is 258 g/mol. The Balaban J connectivity index is 3.21. The van der Waals surface area contributed by atoms with Crippen molar-refractivity contribution in [1.82, 2.24) is 0 Å². The topological polar surface area (TPSA) is 44.5 Å². The van der Waals surface area contributed by atoms with Gasteiger partial charge in [-0.2, -0.15) is 0 Å². The van der Waals surface area contributed by atoms with Crippen molar-refractivity contribution in [3.8, 4) is 11.5 Å². The van der Waals surface area contributed by atoms with Crippen LogP contribution in [0.4, 0.5) is 0 Å². The first-order valence-electron chi connectivity index (χ1n) is 4.75. The molecule has 1 unspecified atom stereocenters. The van der Waals surface area contributed by atoms with Crippen molar-refractivity contribution in [1.29, 1.82) is 0 Å². The summed E-state index contributed by atoms with van der Waals surface area (Å²) in [4.78, 5) is 0. The van der Waals surface area contributed by atoms with Crippen molar-refractivity contribution in [3.63, 3.8) is 0 Å². The number of nitrogens with two attached hydrogens (primary N) is 1. The molecule has 1 aromatic carbocycles. The third-order valence-corrected chi connectivity index (χ3v) is 3.01. The lowest BCUT2D eigenvalue weighted by molar-refractivity contribution is 0.387. The van der Waals surface area contributed by atoms with Gasteiger partial charge >= 0.3 is 0 Å². The minimum absolute atomic E-state index is 0.266. The van der Waals surface area contributed by atoms with Gasteiger partial charge in [0, 0.05) is 6.07 Å². The van der Waals surface area contributed by atoms with E-state index in [2.05, 4.69) is 22.9 Å². The van der Waals surface area contributed by atoms with Gasteiger partial charge < -0.3 is 15.2 Å². The summed E-state index contributed by atoms with van der Waals surface area (Å²) in [5.41, 5.74) is 6.74. The van der Waals surface area contributed by atoms with Crippen LogP contribution in [-0.4, -0.2) is 20.8 Å². The van der Waals surface area contributed by atoms with Gasteiger partial charge in [-0.25, -0.2) is 0 Å². The van der Waals surface area contributed by atoms with Crippen LogP contribution in [0, 0.1) is 0 Å². The maximum Gasteiger partial charge on any atom is 0.136 e. The molecule has 15 heavy (non-hydrogen) atoms. The monoisotopic (exact) mass is 273 g/mol. The number of benzene rings is 1. The Morgan fingerprint density at radius 1 is 1.27 bits per heavy atom. The minimum Gasteiger partial charge on any atom is -0.496 e. The molecule has 0 radical (unpaired) electrons. The van der Waals surface area contributed by atoms with Crippen LogP contribution in [0.1, 0.15) is 18.4 Å². The second kappa shape index (κ2) is 5.37. The van der Waals surface area contributed by atoms with E-state index in [-0.39, 0.29) is 5.92 Å². The fraction of sp³-hybridized carbons (Fsp3) is 0.455. The molecular formula is C11H16BrNO2. The zero-order valence-electron chi connectivity index (χ0n) is 9.21. The Bertz CT molecular complexity index is 342. The van der Waals surface area contributed by atoms with Gasteiger partial charge in [0.25, 0.3) is 0 Å². The summed E-state index contributed by atoms with van der Waals surface area (Å²) in [7, 11) is 3.28. The molecule has 0 aliphatic rings. The van der Waals surface area contributed by atoms with E-state index in [1.165, 1.54) is 0 Å². The quantitative estimate of drug-likeness (QED) is 0.917. The van der Waals surface area contributed by atoms with Crippen LogP contribution in [0.2, 0.25) is 0 Å². The lowest BCUT2D eigenvalue weighted by Crippen LogP contribution is -2.10. The van der Waals surface area contributed by atoms with Crippen LogP contribution in [0.15, 0.2) is 16.6 Å². The molecule has 3 nitrogen and oxygen atoms in total. The highest BCUT2D eigenvalue weighted by atomic mass is 79.9. The van der Waals surface area contributed by atoms with Gasteiger partial charge in [0.05, 0.1) is 18.7 Å². The van der Waals surface area contributed by atoms with Gasteiger partial charge in [0.1, 0.15) is 11.5 Å². The average molecular weight is 274 g/mol. The molecule has 2 N–H and O–H groups in total. The number of methoxy groups -OCH3 is 2. The lowest BCUT2D eigenvalue weighted by Gasteiger charge is -2.16. The first-order valence-corrected chi connectivity index (χ1v) is 5.54. The first-order chi connectivity index (χ1) is 7.13. The highest BCUT2D eigenvalue weighted by Crippen LogP contribution is 2.36. The molecule has 0 fully saturated rings. The molecule has 0 aromatic heterocycles. The van der Waals surface area contributed by atoms with Crippen molar-refractivity contribution in [2.24, 2.45) is 5.73 Å². The SMILES string of the molecule is COc1cc(OC)c(C(C)CN)cc1Br. The van der Waals surface area contributed by atoms with Gasteiger partial charge in [-0.15, -0.1) is 0 Å². The molecule has 1 rings (SSSR count). The minimum atomic E-state index is 0.266. The predicted molar refractivity (Wildman–Crippen MR) is 64.7 cm³/mol. The molecule has 4 heteroatoms. The van der Waals surface area contributed by atoms with E-state index < -0.39 is 0 Å². The van der Waals surface area contributed by atoms with Gasteiger partial charge in [-0.3, -0.25) is 0 Å². The number of halogens is 1. The molecule has 0 saturated carbocycles. The zero-order chi connectivity index (χ0) is 11.4. The fourth-order valence-corrected chi connectivity index (χ4v) is 1.92. The summed E-state index contributed by atoms with van der Waals surface area (Å²) in [5, 5.41) is 0. The van der Waals surface area contributed by atoms with Gasteiger partial charge in [0.2, 0.25) is 0 Å². The van der Waals surface area contributed by atoms with Gasteiger partial charge in [-0.05, 0) is 40.0 Å². The van der Waals surface area contributed by atoms with Crippen LogP contribution in [0.5, 0.6) is 11.5 Å². The van der Waals surface area contributed by atoms with Gasteiger partial charge in [0.15, 0.2) is 0 Å². The average Bonchev–Trinajstić information content (AvgIpc) is 2.27. The molecule has 0 aliphatic carbocycles. The van der Waals surface area contributed by atoms with Crippen LogP contribution in [-0.2, 0) is 0 Å². The van der Waals surface area contributed by atoms with Crippen molar-refractivity contribution in [2.75, 3.05) is 20.8 Å². The maximum absolute atomic E-state index is 5.65. The summed E-state index contributed by atoms with van der Waals surface area (Å²) in [6.45, 7) is 2.66. The van der Waals surface area contributed by atoms with E-state index >= 15 is 0 Å². The first kappa shape index (κ1) is 12.3. The summed E-state index contributed by atoms with van der Waals surface area (Å²) in [6.07, 6.45) is 0. The number of ether oxygens (including phenoxy) is 2. The van der Waals surface area contributed by atoms with Crippen molar-refractivity contribution < 1.29 is 9.47 Å². The molecule has 0 amide bonds. The third kappa shape index (κ3) is 2.63. The molecule has 0 bridgehead atoms. The Morgan fingerprint density at radius 3 is 2.33 bits per heavy atom. The molecule has 84 valence electrons. The van der Waals surface area contributed by atoms with Crippen molar-refractivity contribution in [2.45, 2.75) is 12.8 Å². The Morgan fingerprint density at radius 2 is 1.87 bits per heavy atom. The highest BCUT2D eigenvalue weighted by molar-refractivity contribution is 9.10. The van der Waals surface area contributed by atoms with E-state index in [9.17, 15) is 0 Å². The summed E-state index contributed by atoms with van der Waals surface area (Å²) in [6, 6.07) is 3.86. The van der Waals surface area contributed by atoms with E-state index in [0.29, 0.717) is 6.54 Å². The van der Waals surface area contributed by atoms with Gasteiger partial charge in [-0.1, -0.05) is 6.92 Å². The standard InChI is InChI=1S/C11H16BrNO2/c1-7(6-13)8-4-9(12)11(15-3)5-10(8)14-2/h4-5,7H,6,13H2,1-3H3. The van der Waals surface area contributed by atoms with E-state index in [4.69, 9.17) is 15.2 Å². The molecule has 1 atom stereocenters. The van der Waals surface area contributed by atoms with Crippen LogP contribution in [0.3, 0.4) is 0 Å². The predicted octanol–water partition coefficient (Wildman–Crippen LogP) is 2.53. The van der Waals surface area contributed by atoms with Crippen LogP contribution < -0.4 is 15.2 Å². The van der Waals surface area contributed by atoms with Crippen LogP contribution >= 0.6 is 15.9 Å². The molecule has 0 saturated heterocycles. The Hall–Kier alpha value is -0.740. The van der Waals surface area contributed by atoms with Crippen molar-refractivity contribution >= 4 is 15.9 Å². The number of rotatable bonds is 4. The highest BCUT2D eigenvalue weighted by Gasteiger charge is 2.13. The normalized spacial score (nSPS) is 12.3. The Kier molecular flexibility index (Phi) is 4.42. The summed E-state index contributed by atoms with van der Waals surface area (Å²) >= 11 is 3.45. The third-order valence-electron chi connectivity index (χ3n) is 2.39. The summed E-state index contributed by atoms with van der Waals surface area (Å²) in [5.74, 6) is 1.84. The zero-order valence-corrected chi connectivity index (χ0v) is 10.8. The Labute approximate surface area is 98.7 Å². The van der Waals surface area contributed by atoms with E-state index in [1.54, 1.807) is 14.2 Å².